The van der Waals surface area contributed by atoms with Crippen LogP contribution in [0.4, 0.5) is 5.95 Å². The topological polar surface area (TPSA) is 29.0 Å². The molecular formula is C22H21N3. The van der Waals surface area contributed by atoms with E-state index in [2.05, 4.69) is 77.5 Å². The largest absolute Gasteiger partial charge is 0.336 e. The Morgan fingerprint density at radius 3 is 2.72 bits per heavy atom. The van der Waals surface area contributed by atoms with Crippen LogP contribution in [0.2, 0.25) is 0 Å². The summed E-state index contributed by atoms with van der Waals surface area (Å²) in [6.07, 6.45) is 7.05. The summed E-state index contributed by atoms with van der Waals surface area (Å²) in [4.78, 5) is 11.5. The zero-order chi connectivity index (χ0) is 17.1. The molecule has 1 aliphatic rings. The first-order valence-electron chi connectivity index (χ1n) is 8.67. The van der Waals surface area contributed by atoms with E-state index in [9.17, 15) is 0 Å². The minimum absolute atomic E-state index is 0.806. The van der Waals surface area contributed by atoms with Gasteiger partial charge in [0.15, 0.2) is 0 Å². The number of hydrogen-bond donors (Lipinski definition) is 0. The molecule has 0 saturated heterocycles. The van der Waals surface area contributed by atoms with Gasteiger partial charge in [0.05, 0.1) is 5.69 Å². The number of anilines is 1. The van der Waals surface area contributed by atoms with Gasteiger partial charge in [-0.15, -0.1) is 0 Å². The maximum Gasteiger partial charge on any atom is 0.226 e. The molecule has 2 heterocycles. The molecule has 0 unspecified atom stereocenters. The average Bonchev–Trinajstić information content (AvgIpc) is 2.66. The van der Waals surface area contributed by atoms with Crippen molar-refractivity contribution in [1.82, 2.24) is 9.97 Å². The second-order valence-corrected chi connectivity index (χ2v) is 6.47. The van der Waals surface area contributed by atoms with Crippen molar-refractivity contribution in [2.75, 3.05) is 11.4 Å². The maximum atomic E-state index is 4.73. The first kappa shape index (κ1) is 15.6. The summed E-state index contributed by atoms with van der Waals surface area (Å²) in [5, 5.41) is 0. The van der Waals surface area contributed by atoms with Gasteiger partial charge in [0.2, 0.25) is 5.95 Å². The summed E-state index contributed by atoms with van der Waals surface area (Å²) >= 11 is 0. The highest BCUT2D eigenvalue weighted by atomic mass is 15.2. The Morgan fingerprint density at radius 2 is 1.84 bits per heavy atom. The molecule has 25 heavy (non-hydrogen) atoms. The van der Waals surface area contributed by atoms with E-state index in [0.29, 0.717) is 0 Å². The zero-order valence-electron chi connectivity index (χ0n) is 14.4. The van der Waals surface area contributed by atoms with Crippen LogP contribution in [0.5, 0.6) is 0 Å². The van der Waals surface area contributed by atoms with Gasteiger partial charge in [0.25, 0.3) is 0 Å². The fraction of sp³-hybridized carbons (Fsp3) is 0.182. The van der Waals surface area contributed by atoms with E-state index >= 15 is 0 Å². The molecule has 3 aromatic rings. The summed E-state index contributed by atoms with van der Waals surface area (Å²) < 4.78 is 0. The SMILES string of the molecule is Cc1cccc(/C=C/c2ccnc(N3CCc4ccccc4C3)n2)c1. The lowest BCUT2D eigenvalue weighted by atomic mass is 10.0. The maximum absolute atomic E-state index is 4.73. The second kappa shape index (κ2) is 6.89. The van der Waals surface area contributed by atoms with Crippen LogP contribution in [0.1, 0.15) is 27.9 Å². The van der Waals surface area contributed by atoms with Gasteiger partial charge in [0.1, 0.15) is 0 Å². The van der Waals surface area contributed by atoms with Crippen LogP contribution in [0, 0.1) is 6.92 Å². The normalized spacial score (nSPS) is 13.9. The van der Waals surface area contributed by atoms with Crippen molar-refractivity contribution < 1.29 is 0 Å². The van der Waals surface area contributed by atoms with Crippen LogP contribution in [0.3, 0.4) is 0 Å². The Balaban J connectivity index is 1.54. The molecule has 0 aliphatic carbocycles. The van der Waals surface area contributed by atoms with E-state index in [1.165, 1.54) is 22.3 Å². The number of hydrogen-bond acceptors (Lipinski definition) is 3. The van der Waals surface area contributed by atoms with E-state index in [0.717, 1.165) is 31.2 Å². The van der Waals surface area contributed by atoms with Crippen molar-refractivity contribution in [2.45, 2.75) is 19.9 Å². The van der Waals surface area contributed by atoms with Gasteiger partial charge in [-0.05, 0) is 42.2 Å². The smallest absolute Gasteiger partial charge is 0.226 e. The molecule has 124 valence electrons. The lowest BCUT2D eigenvalue weighted by Crippen LogP contribution is -2.31. The van der Waals surface area contributed by atoms with E-state index in [-0.39, 0.29) is 0 Å². The molecule has 4 rings (SSSR count). The molecule has 0 saturated carbocycles. The van der Waals surface area contributed by atoms with Crippen LogP contribution in [0.15, 0.2) is 60.8 Å². The molecule has 0 N–H and O–H groups in total. The van der Waals surface area contributed by atoms with E-state index in [1.807, 2.05) is 12.3 Å². The Labute approximate surface area is 148 Å². The Morgan fingerprint density at radius 1 is 0.960 bits per heavy atom. The highest BCUT2D eigenvalue weighted by molar-refractivity contribution is 5.68. The summed E-state index contributed by atoms with van der Waals surface area (Å²) in [5.74, 6) is 0.806. The predicted molar refractivity (Wildman–Crippen MR) is 103 cm³/mol. The highest BCUT2D eigenvalue weighted by Crippen LogP contribution is 2.22. The lowest BCUT2D eigenvalue weighted by molar-refractivity contribution is 0.707. The first-order chi connectivity index (χ1) is 12.3. The number of aromatic nitrogens is 2. The summed E-state index contributed by atoms with van der Waals surface area (Å²) in [7, 11) is 0. The molecule has 0 atom stereocenters. The molecule has 3 heteroatoms. The van der Waals surface area contributed by atoms with Crippen LogP contribution in [0.25, 0.3) is 12.2 Å². The molecule has 3 nitrogen and oxygen atoms in total. The molecule has 0 radical (unpaired) electrons. The Kier molecular flexibility index (Phi) is 4.30. The second-order valence-electron chi connectivity index (χ2n) is 6.47. The third-order valence-corrected chi connectivity index (χ3v) is 4.57. The van der Waals surface area contributed by atoms with Gasteiger partial charge in [-0.25, -0.2) is 9.97 Å². The highest BCUT2D eigenvalue weighted by Gasteiger charge is 2.17. The number of nitrogens with zero attached hydrogens (tertiary/aromatic N) is 3. The number of aryl methyl sites for hydroxylation is 1. The predicted octanol–water partition coefficient (Wildman–Crippen LogP) is 4.52. The van der Waals surface area contributed by atoms with Gasteiger partial charge >= 0.3 is 0 Å². The number of fused-ring (bicyclic) bond motifs is 1. The van der Waals surface area contributed by atoms with Gasteiger partial charge in [-0.1, -0.05) is 60.2 Å². The van der Waals surface area contributed by atoms with Crippen LogP contribution in [-0.4, -0.2) is 16.5 Å². The minimum Gasteiger partial charge on any atom is -0.336 e. The third-order valence-electron chi connectivity index (χ3n) is 4.57. The standard InChI is InChI=1S/C22H21N3/c1-17-5-4-6-18(15-17)9-10-21-11-13-23-22(24-21)25-14-12-19-7-2-3-8-20(19)16-25/h2-11,13,15H,12,14,16H2,1H3/b10-9+. The zero-order valence-corrected chi connectivity index (χ0v) is 14.4. The Hall–Kier alpha value is -2.94. The van der Waals surface area contributed by atoms with Crippen molar-refractivity contribution in [3.8, 4) is 0 Å². The van der Waals surface area contributed by atoms with Crippen molar-refractivity contribution in [1.29, 1.82) is 0 Å². The molecule has 0 spiro atoms. The van der Waals surface area contributed by atoms with E-state index in [4.69, 9.17) is 4.98 Å². The molecular weight excluding hydrogens is 306 g/mol. The molecule has 1 aromatic heterocycles. The fourth-order valence-corrected chi connectivity index (χ4v) is 3.23. The van der Waals surface area contributed by atoms with Gasteiger partial charge < -0.3 is 4.90 Å². The lowest BCUT2D eigenvalue weighted by Gasteiger charge is -2.28. The Bertz CT molecular complexity index is 914. The van der Waals surface area contributed by atoms with Crippen molar-refractivity contribution in [3.63, 3.8) is 0 Å². The van der Waals surface area contributed by atoms with E-state index in [1.54, 1.807) is 0 Å². The van der Waals surface area contributed by atoms with E-state index < -0.39 is 0 Å². The molecule has 0 amide bonds. The minimum atomic E-state index is 0.806. The average molecular weight is 327 g/mol. The molecule has 0 fully saturated rings. The summed E-state index contributed by atoms with van der Waals surface area (Å²) in [6.45, 7) is 3.94. The van der Waals surface area contributed by atoms with Crippen molar-refractivity contribution in [3.05, 3.63) is 88.7 Å². The van der Waals surface area contributed by atoms with Crippen LogP contribution >= 0.6 is 0 Å². The monoisotopic (exact) mass is 327 g/mol. The third kappa shape index (κ3) is 3.61. The molecule has 1 aliphatic heterocycles. The summed E-state index contributed by atoms with van der Waals surface area (Å²) in [6, 6.07) is 19.0. The molecule has 2 aromatic carbocycles. The number of rotatable bonds is 3. The van der Waals surface area contributed by atoms with Gasteiger partial charge in [-0.2, -0.15) is 0 Å². The van der Waals surface area contributed by atoms with Crippen molar-refractivity contribution >= 4 is 18.1 Å². The van der Waals surface area contributed by atoms with Crippen molar-refractivity contribution in [2.24, 2.45) is 0 Å². The van der Waals surface area contributed by atoms with Crippen LogP contribution < -0.4 is 4.90 Å². The van der Waals surface area contributed by atoms with Gasteiger partial charge in [-0.3, -0.25) is 0 Å². The molecule has 0 bridgehead atoms. The van der Waals surface area contributed by atoms with Crippen LogP contribution in [-0.2, 0) is 13.0 Å². The summed E-state index contributed by atoms with van der Waals surface area (Å²) in [5.41, 5.74) is 6.20. The van der Waals surface area contributed by atoms with Gasteiger partial charge in [0, 0.05) is 19.3 Å². The number of benzene rings is 2. The quantitative estimate of drug-likeness (QED) is 0.708. The fourth-order valence-electron chi connectivity index (χ4n) is 3.23. The first-order valence-corrected chi connectivity index (χ1v) is 8.67.